The lowest BCUT2D eigenvalue weighted by Gasteiger charge is -2.10. The number of aromatic nitrogens is 2. The van der Waals surface area contributed by atoms with Crippen LogP contribution in [-0.2, 0) is 13.0 Å². The van der Waals surface area contributed by atoms with Crippen LogP contribution in [0.1, 0.15) is 11.4 Å². The van der Waals surface area contributed by atoms with Gasteiger partial charge in [-0.1, -0.05) is 12.1 Å². The van der Waals surface area contributed by atoms with Gasteiger partial charge in [0.2, 0.25) is 0 Å². The smallest absolute Gasteiger partial charge is 0.406 e. The summed E-state index contributed by atoms with van der Waals surface area (Å²) in [6, 6.07) is 5.77. The molecule has 1 aromatic carbocycles. The molecule has 1 aromatic heterocycles. The highest BCUT2D eigenvalue weighted by molar-refractivity contribution is 5.27. The van der Waals surface area contributed by atoms with Gasteiger partial charge in [-0.05, 0) is 24.2 Å². The van der Waals surface area contributed by atoms with Crippen molar-refractivity contribution < 1.29 is 17.9 Å². The average molecular weight is 285 g/mol. The molecule has 0 saturated heterocycles. The molecular weight excluding hydrogens is 271 g/mol. The Hall–Kier alpha value is -2.02. The number of benzene rings is 1. The van der Waals surface area contributed by atoms with Crippen molar-refractivity contribution >= 4 is 0 Å². The van der Waals surface area contributed by atoms with Gasteiger partial charge in [0, 0.05) is 25.4 Å². The monoisotopic (exact) mass is 285 g/mol. The third kappa shape index (κ3) is 3.99. The van der Waals surface area contributed by atoms with Crippen molar-refractivity contribution in [3.05, 3.63) is 48.0 Å². The first-order chi connectivity index (χ1) is 9.48. The van der Waals surface area contributed by atoms with E-state index in [0.717, 1.165) is 11.4 Å². The van der Waals surface area contributed by atoms with Crippen molar-refractivity contribution in [2.75, 3.05) is 6.54 Å². The van der Waals surface area contributed by atoms with Gasteiger partial charge in [-0.2, -0.15) is 0 Å². The summed E-state index contributed by atoms with van der Waals surface area (Å²) < 4.78 is 41.8. The molecule has 2 aromatic rings. The van der Waals surface area contributed by atoms with Crippen molar-refractivity contribution in [1.29, 1.82) is 0 Å². The highest BCUT2D eigenvalue weighted by Crippen LogP contribution is 2.23. The van der Waals surface area contributed by atoms with Crippen LogP contribution in [0.15, 0.2) is 36.7 Å². The average Bonchev–Trinajstić information content (AvgIpc) is 2.78. The van der Waals surface area contributed by atoms with Gasteiger partial charge in [0.15, 0.2) is 0 Å². The predicted molar refractivity (Wildman–Crippen MR) is 67.2 cm³/mol. The Morgan fingerprint density at radius 2 is 1.90 bits per heavy atom. The summed E-state index contributed by atoms with van der Waals surface area (Å²) in [5.74, 6) is 0.622. The van der Waals surface area contributed by atoms with E-state index in [0.29, 0.717) is 19.5 Å². The van der Waals surface area contributed by atoms with Crippen LogP contribution in [0.5, 0.6) is 5.75 Å². The van der Waals surface area contributed by atoms with Crippen LogP contribution in [0.2, 0.25) is 0 Å². The highest BCUT2D eigenvalue weighted by atomic mass is 19.4. The Labute approximate surface area is 114 Å². The number of ether oxygens (including phenoxy) is 1. The molecule has 4 nitrogen and oxygen atoms in total. The molecular formula is C13H14F3N3O. The predicted octanol–water partition coefficient (Wildman–Crippen LogP) is 2.33. The van der Waals surface area contributed by atoms with Gasteiger partial charge < -0.3 is 15.0 Å². The third-order valence-electron chi connectivity index (χ3n) is 2.68. The number of hydrogen-bond acceptors (Lipinski definition) is 3. The maximum absolute atomic E-state index is 12.0. The number of nitrogens with two attached hydrogens (primary N) is 1. The fourth-order valence-electron chi connectivity index (χ4n) is 1.83. The zero-order valence-corrected chi connectivity index (χ0v) is 10.6. The minimum Gasteiger partial charge on any atom is -0.406 e. The normalized spacial score (nSPS) is 11.6. The van der Waals surface area contributed by atoms with Gasteiger partial charge in [-0.25, -0.2) is 4.98 Å². The topological polar surface area (TPSA) is 53.1 Å². The molecule has 0 saturated carbocycles. The van der Waals surface area contributed by atoms with E-state index in [-0.39, 0.29) is 5.75 Å². The minimum atomic E-state index is -4.67. The van der Waals surface area contributed by atoms with E-state index in [1.54, 1.807) is 18.3 Å². The van der Waals surface area contributed by atoms with Gasteiger partial charge in [-0.15, -0.1) is 13.2 Å². The summed E-state index contributed by atoms with van der Waals surface area (Å²) in [5, 5.41) is 0. The second-order valence-corrected chi connectivity index (χ2v) is 4.20. The minimum absolute atomic E-state index is 0.228. The Kier molecular flexibility index (Phi) is 4.29. The summed E-state index contributed by atoms with van der Waals surface area (Å²) in [4.78, 5) is 4.18. The number of nitrogens with zero attached hydrogens (tertiary/aromatic N) is 2. The number of rotatable bonds is 5. The SMILES string of the molecule is NCCc1nccn1Cc1ccc(OC(F)(F)F)cc1. The third-order valence-corrected chi connectivity index (χ3v) is 2.68. The standard InChI is InChI=1S/C13H14F3N3O/c14-13(15,16)20-11-3-1-10(2-4-11)9-19-8-7-18-12(19)5-6-17/h1-4,7-8H,5-6,9,17H2. The number of imidazole rings is 1. The molecule has 0 atom stereocenters. The van der Waals surface area contributed by atoms with Crippen LogP contribution in [0.3, 0.4) is 0 Å². The number of hydrogen-bond donors (Lipinski definition) is 1. The van der Waals surface area contributed by atoms with Gasteiger partial charge in [0.05, 0.1) is 0 Å². The maximum Gasteiger partial charge on any atom is 0.573 e. The molecule has 0 aliphatic carbocycles. The summed E-state index contributed by atoms with van der Waals surface area (Å²) in [6.07, 6.45) is -0.528. The van der Waals surface area contributed by atoms with E-state index < -0.39 is 6.36 Å². The molecule has 0 unspecified atom stereocenters. The summed E-state index contributed by atoms with van der Waals surface area (Å²) in [6.45, 7) is 1.02. The van der Waals surface area contributed by atoms with E-state index in [4.69, 9.17) is 5.73 Å². The molecule has 0 fully saturated rings. The van der Waals surface area contributed by atoms with E-state index in [1.165, 1.54) is 12.1 Å². The molecule has 1 heterocycles. The first kappa shape index (κ1) is 14.4. The summed E-state index contributed by atoms with van der Waals surface area (Å²) >= 11 is 0. The van der Waals surface area contributed by atoms with E-state index in [9.17, 15) is 13.2 Å². The molecule has 0 spiro atoms. The number of alkyl halides is 3. The Morgan fingerprint density at radius 3 is 2.50 bits per heavy atom. The van der Waals surface area contributed by atoms with Crippen LogP contribution in [0.4, 0.5) is 13.2 Å². The second-order valence-electron chi connectivity index (χ2n) is 4.20. The lowest BCUT2D eigenvalue weighted by Crippen LogP contribution is -2.17. The van der Waals surface area contributed by atoms with Crippen molar-refractivity contribution in [2.24, 2.45) is 5.73 Å². The van der Waals surface area contributed by atoms with Crippen molar-refractivity contribution in [3.63, 3.8) is 0 Å². The molecule has 2 N–H and O–H groups in total. The molecule has 0 aliphatic heterocycles. The zero-order chi connectivity index (χ0) is 14.6. The molecule has 0 amide bonds. The van der Waals surface area contributed by atoms with Gasteiger partial charge in [0.1, 0.15) is 11.6 Å². The molecule has 0 radical (unpaired) electrons. The lowest BCUT2D eigenvalue weighted by atomic mass is 10.2. The molecule has 108 valence electrons. The Morgan fingerprint density at radius 1 is 1.20 bits per heavy atom. The van der Waals surface area contributed by atoms with E-state index >= 15 is 0 Å². The fraction of sp³-hybridized carbons (Fsp3) is 0.308. The maximum atomic E-state index is 12.0. The van der Waals surface area contributed by atoms with Gasteiger partial charge >= 0.3 is 6.36 Å². The molecule has 20 heavy (non-hydrogen) atoms. The van der Waals surface area contributed by atoms with Crippen LogP contribution in [0.25, 0.3) is 0 Å². The zero-order valence-electron chi connectivity index (χ0n) is 10.6. The van der Waals surface area contributed by atoms with Crippen molar-refractivity contribution in [3.8, 4) is 5.75 Å². The molecule has 0 aliphatic rings. The van der Waals surface area contributed by atoms with Crippen LogP contribution < -0.4 is 10.5 Å². The summed E-state index contributed by atoms with van der Waals surface area (Å²) in [7, 11) is 0. The van der Waals surface area contributed by atoms with Crippen LogP contribution >= 0.6 is 0 Å². The highest BCUT2D eigenvalue weighted by Gasteiger charge is 2.30. The molecule has 2 rings (SSSR count). The van der Waals surface area contributed by atoms with Gasteiger partial charge in [0.25, 0.3) is 0 Å². The van der Waals surface area contributed by atoms with Gasteiger partial charge in [-0.3, -0.25) is 0 Å². The summed E-state index contributed by atoms with van der Waals surface area (Å²) in [5.41, 5.74) is 6.34. The van der Waals surface area contributed by atoms with Crippen LogP contribution in [0, 0.1) is 0 Å². The fourth-order valence-corrected chi connectivity index (χ4v) is 1.83. The largest absolute Gasteiger partial charge is 0.573 e. The first-order valence-electron chi connectivity index (χ1n) is 6.03. The second kappa shape index (κ2) is 5.96. The van der Waals surface area contributed by atoms with Crippen LogP contribution in [-0.4, -0.2) is 22.5 Å². The lowest BCUT2D eigenvalue weighted by molar-refractivity contribution is -0.274. The Balaban J connectivity index is 2.05. The van der Waals surface area contributed by atoms with E-state index in [2.05, 4.69) is 9.72 Å². The molecule has 7 heteroatoms. The Bertz CT molecular complexity index is 549. The van der Waals surface area contributed by atoms with E-state index in [1.807, 2.05) is 10.8 Å². The van der Waals surface area contributed by atoms with Crippen molar-refractivity contribution in [2.45, 2.75) is 19.3 Å². The molecule has 0 bridgehead atoms. The first-order valence-corrected chi connectivity index (χ1v) is 6.03. The van der Waals surface area contributed by atoms with Crippen molar-refractivity contribution in [1.82, 2.24) is 9.55 Å². The number of halogens is 3. The quantitative estimate of drug-likeness (QED) is 0.917.